The Bertz CT molecular complexity index is 609. The van der Waals surface area contributed by atoms with Crippen LogP contribution in [-0.4, -0.2) is 0 Å². The third-order valence-corrected chi connectivity index (χ3v) is 4.04. The highest BCUT2D eigenvalue weighted by Gasteiger charge is 2.33. The molecular weight excluding hydrogens is 239 g/mol. The molecule has 3 heteroatoms. The van der Waals surface area contributed by atoms with Crippen molar-refractivity contribution in [1.29, 1.82) is 0 Å². The molecule has 0 saturated carbocycles. The lowest BCUT2D eigenvalue weighted by molar-refractivity contribution is 0.417. The predicted octanol–water partition coefficient (Wildman–Crippen LogP) is 2.98. The van der Waals surface area contributed by atoms with Crippen LogP contribution in [0.1, 0.15) is 34.2 Å². The zero-order valence-corrected chi connectivity index (χ0v) is 10.9. The minimum absolute atomic E-state index is 0.0375. The molecule has 0 amide bonds. The highest BCUT2D eigenvalue weighted by atomic mass is 19.1. The Morgan fingerprint density at radius 3 is 2.74 bits per heavy atom. The van der Waals surface area contributed by atoms with Crippen LogP contribution in [-0.2, 0) is 6.42 Å². The summed E-state index contributed by atoms with van der Waals surface area (Å²) < 4.78 is 13.2. The van der Waals surface area contributed by atoms with Gasteiger partial charge in [-0.05, 0) is 47.7 Å². The summed E-state index contributed by atoms with van der Waals surface area (Å²) >= 11 is 0. The fourth-order valence-electron chi connectivity index (χ4n) is 3.01. The Balaban J connectivity index is 1.95. The van der Waals surface area contributed by atoms with Crippen LogP contribution in [0.15, 0.2) is 42.5 Å². The predicted molar refractivity (Wildman–Crippen MR) is 74.1 cm³/mol. The molecule has 2 nitrogen and oxygen atoms in total. The van der Waals surface area contributed by atoms with Crippen molar-refractivity contribution in [2.24, 2.45) is 5.84 Å². The smallest absolute Gasteiger partial charge is 0.123 e. The molecule has 3 rings (SSSR count). The first kappa shape index (κ1) is 12.3. The molecule has 0 aromatic heterocycles. The monoisotopic (exact) mass is 256 g/mol. The molecule has 1 aliphatic rings. The first-order valence-electron chi connectivity index (χ1n) is 6.50. The average molecular weight is 256 g/mol. The maximum absolute atomic E-state index is 13.2. The van der Waals surface area contributed by atoms with Crippen LogP contribution in [0.3, 0.4) is 0 Å². The molecule has 2 atom stereocenters. The van der Waals surface area contributed by atoms with E-state index in [2.05, 4.69) is 29.7 Å². The fraction of sp³-hybridized carbons (Fsp3) is 0.250. The molecular formula is C16H17FN2. The van der Waals surface area contributed by atoms with Crippen molar-refractivity contribution >= 4 is 0 Å². The standard InChI is InChI=1S/C16H17FN2/c1-10-8-12(17)6-7-13(10)16(19-18)15-9-11-4-2-3-5-14(11)15/h2-8,15-16,19H,9,18H2,1H3. The van der Waals surface area contributed by atoms with Gasteiger partial charge in [-0.15, -0.1) is 0 Å². The third kappa shape index (κ3) is 2.05. The Labute approximate surface area is 112 Å². The van der Waals surface area contributed by atoms with Gasteiger partial charge in [0.1, 0.15) is 5.82 Å². The van der Waals surface area contributed by atoms with Crippen LogP contribution in [0.4, 0.5) is 4.39 Å². The fourth-order valence-corrected chi connectivity index (χ4v) is 3.01. The molecule has 0 heterocycles. The molecule has 19 heavy (non-hydrogen) atoms. The summed E-state index contributed by atoms with van der Waals surface area (Å²) in [7, 11) is 0. The van der Waals surface area contributed by atoms with Gasteiger partial charge in [0.25, 0.3) is 0 Å². The molecule has 0 spiro atoms. The number of rotatable bonds is 3. The van der Waals surface area contributed by atoms with Gasteiger partial charge in [-0.25, -0.2) is 4.39 Å². The van der Waals surface area contributed by atoms with Gasteiger partial charge < -0.3 is 0 Å². The van der Waals surface area contributed by atoms with Crippen molar-refractivity contribution in [2.75, 3.05) is 0 Å². The van der Waals surface area contributed by atoms with E-state index in [0.717, 1.165) is 17.5 Å². The highest BCUT2D eigenvalue weighted by molar-refractivity contribution is 5.44. The van der Waals surface area contributed by atoms with E-state index in [1.54, 1.807) is 6.07 Å². The van der Waals surface area contributed by atoms with Crippen molar-refractivity contribution in [2.45, 2.75) is 25.3 Å². The van der Waals surface area contributed by atoms with Crippen molar-refractivity contribution < 1.29 is 4.39 Å². The summed E-state index contributed by atoms with van der Waals surface area (Å²) in [4.78, 5) is 0. The zero-order valence-electron chi connectivity index (χ0n) is 10.9. The van der Waals surface area contributed by atoms with Gasteiger partial charge in [0.05, 0.1) is 6.04 Å². The van der Waals surface area contributed by atoms with E-state index in [1.807, 2.05) is 13.0 Å². The van der Waals surface area contributed by atoms with Gasteiger partial charge in [0.15, 0.2) is 0 Å². The number of fused-ring (bicyclic) bond motifs is 1. The summed E-state index contributed by atoms with van der Waals surface area (Å²) in [6.07, 6.45) is 1.02. The normalized spacial score (nSPS) is 18.6. The second-order valence-electron chi connectivity index (χ2n) is 5.15. The summed E-state index contributed by atoms with van der Waals surface area (Å²) in [6.45, 7) is 1.92. The number of nitrogens with one attached hydrogen (secondary N) is 1. The second-order valence-corrected chi connectivity index (χ2v) is 5.15. The molecule has 2 aromatic carbocycles. The topological polar surface area (TPSA) is 38.0 Å². The molecule has 2 unspecified atom stereocenters. The van der Waals surface area contributed by atoms with Crippen LogP contribution in [0, 0.1) is 12.7 Å². The second kappa shape index (κ2) is 4.76. The van der Waals surface area contributed by atoms with Gasteiger partial charge in [0.2, 0.25) is 0 Å². The Kier molecular flexibility index (Phi) is 3.09. The lowest BCUT2D eigenvalue weighted by atomic mass is 9.71. The Hall–Kier alpha value is -1.71. The van der Waals surface area contributed by atoms with Crippen LogP contribution in [0.5, 0.6) is 0 Å². The van der Waals surface area contributed by atoms with Gasteiger partial charge in [-0.1, -0.05) is 30.3 Å². The van der Waals surface area contributed by atoms with Crippen molar-refractivity contribution in [1.82, 2.24) is 5.43 Å². The summed E-state index contributed by atoms with van der Waals surface area (Å²) in [6, 6.07) is 13.3. The number of benzene rings is 2. The maximum atomic E-state index is 13.2. The molecule has 2 aromatic rings. The molecule has 98 valence electrons. The summed E-state index contributed by atoms with van der Waals surface area (Å²) in [5, 5.41) is 0. The van der Waals surface area contributed by atoms with Crippen LogP contribution < -0.4 is 11.3 Å². The van der Waals surface area contributed by atoms with E-state index in [1.165, 1.54) is 17.2 Å². The number of aryl methyl sites for hydroxylation is 1. The average Bonchev–Trinajstić information content (AvgIpc) is 2.37. The molecule has 0 saturated heterocycles. The molecule has 0 fully saturated rings. The van der Waals surface area contributed by atoms with Crippen LogP contribution >= 0.6 is 0 Å². The lowest BCUT2D eigenvalue weighted by Gasteiger charge is -2.37. The molecule has 3 N–H and O–H groups in total. The van der Waals surface area contributed by atoms with Gasteiger partial charge in [0, 0.05) is 5.92 Å². The quantitative estimate of drug-likeness (QED) is 0.654. The number of hydrazine groups is 1. The van der Waals surface area contributed by atoms with Crippen molar-refractivity contribution in [3.8, 4) is 0 Å². The van der Waals surface area contributed by atoms with Crippen LogP contribution in [0.2, 0.25) is 0 Å². The highest BCUT2D eigenvalue weighted by Crippen LogP contribution is 2.43. The van der Waals surface area contributed by atoms with Gasteiger partial charge in [-0.2, -0.15) is 0 Å². The lowest BCUT2D eigenvalue weighted by Crippen LogP contribution is -2.37. The van der Waals surface area contributed by atoms with E-state index in [4.69, 9.17) is 5.84 Å². The SMILES string of the molecule is Cc1cc(F)ccc1C(NN)C1Cc2ccccc21. The first-order chi connectivity index (χ1) is 9.20. The number of halogens is 1. The summed E-state index contributed by atoms with van der Waals surface area (Å²) in [5.74, 6) is 5.90. The van der Waals surface area contributed by atoms with E-state index < -0.39 is 0 Å². The van der Waals surface area contributed by atoms with E-state index >= 15 is 0 Å². The number of nitrogens with two attached hydrogens (primary N) is 1. The molecule has 0 radical (unpaired) electrons. The Morgan fingerprint density at radius 2 is 2.05 bits per heavy atom. The van der Waals surface area contributed by atoms with Gasteiger partial charge in [-0.3, -0.25) is 11.3 Å². The minimum Gasteiger partial charge on any atom is -0.271 e. The largest absolute Gasteiger partial charge is 0.271 e. The third-order valence-electron chi connectivity index (χ3n) is 4.04. The first-order valence-corrected chi connectivity index (χ1v) is 6.50. The maximum Gasteiger partial charge on any atom is 0.123 e. The van der Waals surface area contributed by atoms with Crippen molar-refractivity contribution in [3.63, 3.8) is 0 Å². The Morgan fingerprint density at radius 1 is 1.26 bits per heavy atom. The molecule has 1 aliphatic carbocycles. The van der Waals surface area contributed by atoms with E-state index in [9.17, 15) is 4.39 Å². The van der Waals surface area contributed by atoms with E-state index in [-0.39, 0.29) is 11.9 Å². The summed E-state index contributed by atoms with van der Waals surface area (Å²) in [5.41, 5.74) is 7.63. The van der Waals surface area contributed by atoms with Crippen LogP contribution in [0.25, 0.3) is 0 Å². The van der Waals surface area contributed by atoms with E-state index in [0.29, 0.717) is 5.92 Å². The molecule has 0 aliphatic heterocycles. The van der Waals surface area contributed by atoms with Gasteiger partial charge >= 0.3 is 0 Å². The number of hydrogen-bond donors (Lipinski definition) is 2. The minimum atomic E-state index is -0.203. The van der Waals surface area contributed by atoms with Crippen molar-refractivity contribution in [3.05, 3.63) is 70.5 Å². The number of hydrogen-bond acceptors (Lipinski definition) is 2. The molecule has 0 bridgehead atoms. The zero-order chi connectivity index (χ0) is 13.4.